The van der Waals surface area contributed by atoms with E-state index in [4.69, 9.17) is 0 Å². The molecule has 0 fully saturated rings. The van der Waals surface area contributed by atoms with Crippen molar-refractivity contribution < 1.29 is 4.79 Å². The molecule has 1 aromatic heterocycles. The van der Waals surface area contributed by atoms with Crippen molar-refractivity contribution in [2.45, 2.75) is 26.2 Å². The molecule has 0 bridgehead atoms. The Hall–Kier alpha value is -1.20. The molecular weight excluding hydrogens is 336 g/mol. The molecule has 106 valence electrons. The van der Waals surface area contributed by atoms with Crippen molar-refractivity contribution in [2.24, 2.45) is 0 Å². The first-order valence-corrected chi connectivity index (χ1v) is 8.22. The lowest BCUT2D eigenvalue weighted by atomic mass is 10.2. The lowest BCUT2D eigenvalue weighted by Crippen LogP contribution is -2.25. The summed E-state index contributed by atoms with van der Waals surface area (Å²) in [5.74, 6) is 0.396. The van der Waals surface area contributed by atoms with Crippen LogP contribution in [0.1, 0.15) is 40.8 Å². The zero-order valence-electron chi connectivity index (χ0n) is 11.5. The summed E-state index contributed by atoms with van der Waals surface area (Å²) in [5.41, 5.74) is 1.79. The maximum Gasteiger partial charge on any atom is 0.252 e. The van der Waals surface area contributed by atoms with Crippen LogP contribution in [0.25, 0.3) is 0 Å². The summed E-state index contributed by atoms with van der Waals surface area (Å²) in [6.45, 7) is 4.87. The van der Waals surface area contributed by atoms with Gasteiger partial charge in [-0.15, -0.1) is 11.3 Å². The molecule has 20 heavy (non-hydrogen) atoms. The van der Waals surface area contributed by atoms with E-state index in [0.29, 0.717) is 18.0 Å². The molecule has 0 atom stereocenters. The normalized spacial score (nSPS) is 10.8. The summed E-state index contributed by atoms with van der Waals surface area (Å²) < 4.78 is 0.814. The number of nitrogens with zero attached hydrogens (tertiary/aromatic N) is 1. The number of carbonyl (C=O) groups excluding carboxylic acids is 1. The highest BCUT2D eigenvalue weighted by molar-refractivity contribution is 9.10. The van der Waals surface area contributed by atoms with Gasteiger partial charge in [0.1, 0.15) is 0 Å². The number of thiazole rings is 1. The molecule has 0 aliphatic rings. The standard InChI is InChI=1S/C15H17BrN2OS/c1-10(2)13-9-20-14(18-13)7-8-17-15(19)11-5-3-4-6-12(11)16/h3-6,9-10H,7-8H2,1-2H3,(H,17,19). The van der Waals surface area contributed by atoms with Gasteiger partial charge in [0, 0.05) is 22.8 Å². The fourth-order valence-electron chi connectivity index (χ4n) is 1.73. The maximum atomic E-state index is 12.0. The zero-order valence-corrected chi connectivity index (χ0v) is 13.9. The van der Waals surface area contributed by atoms with Gasteiger partial charge in [0.2, 0.25) is 0 Å². The quantitative estimate of drug-likeness (QED) is 0.883. The fraction of sp³-hybridized carbons (Fsp3) is 0.333. The van der Waals surface area contributed by atoms with Crippen LogP contribution >= 0.6 is 27.3 Å². The van der Waals surface area contributed by atoms with E-state index in [-0.39, 0.29) is 5.91 Å². The van der Waals surface area contributed by atoms with Crippen LogP contribution in [0.5, 0.6) is 0 Å². The number of benzene rings is 1. The molecule has 1 amide bonds. The van der Waals surface area contributed by atoms with E-state index in [1.807, 2.05) is 18.2 Å². The fourth-order valence-corrected chi connectivity index (χ4v) is 3.15. The van der Waals surface area contributed by atoms with Crippen molar-refractivity contribution in [3.63, 3.8) is 0 Å². The minimum Gasteiger partial charge on any atom is -0.352 e. The van der Waals surface area contributed by atoms with Crippen molar-refractivity contribution in [2.75, 3.05) is 6.54 Å². The number of hydrogen-bond donors (Lipinski definition) is 1. The van der Waals surface area contributed by atoms with E-state index in [0.717, 1.165) is 21.6 Å². The molecule has 0 spiro atoms. The van der Waals surface area contributed by atoms with Gasteiger partial charge < -0.3 is 5.32 Å². The molecule has 0 radical (unpaired) electrons. The minimum absolute atomic E-state index is 0.0573. The Labute approximate surface area is 131 Å². The number of halogens is 1. The van der Waals surface area contributed by atoms with Gasteiger partial charge in [0.15, 0.2) is 0 Å². The highest BCUT2D eigenvalue weighted by Gasteiger charge is 2.09. The highest BCUT2D eigenvalue weighted by Crippen LogP contribution is 2.18. The van der Waals surface area contributed by atoms with Crippen molar-refractivity contribution in [3.05, 3.63) is 50.4 Å². The summed E-state index contributed by atoms with van der Waals surface area (Å²) in [6, 6.07) is 7.42. The van der Waals surface area contributed by atoms with Crippen LogP contribution in [0, 0.1) is 0 Å². The summed E-state index contributed by atoms with van der Waals surface area (Å²) in [6.07, 6.45) is 0.771. The molecule has 2 rings (SSSR count). The van der Waals surface area contributed by atoms with Crippen LogP contribution in [0.2, 0.25) is 0 Å². The Morgan fingerprint density at radius 3 is 2.80 bits per heavy atom. The molecule has 1 heterocycles. The topological polar surface area (TPSA) is 42.0 Å². The molecular formula is C15H17BrN2OS. The van der Waals surface area contributed by atoms with Crippen molar-refractivity contribution in [1.82, 2.24) is 10.3 Å². The molecule has 0 aliphatic carbocycles. The number of rotatable bonds is 5. The van der Waals surface area contributed by atoms with Crippen LogP contribution in [-0.4, -0.2) is 17.4 Å². The van der Waals surface area contributed by atoms with Gasteiger partial charge in [-0.2, -0.15) is 0 Å². The molecule has 0 aliphatic heterocycles. The molecule has 2 aromatic rings. The second-order valence-corrected chi connectivity index (χ2v) is 6.60. The third-order valence-corrected chi connectivity index (χ3v) is 4.52. The van der Waals surface area contributed by atoms with Gasteiger partial charge in [-0.05, 0) is 34.0 Å². The third kappa shape index (κ3) is 3.90. The molecule has 1 aromatic carbocycles. The Morgan fingerprint density at radius 2 is 2.15 bits per heavy atom. The SMILES string of the molecule is CC(C)c1csc(CCNC(=O)c2ccccc2Br)n1. The van der Waals surface area contributed by atoms with E-state index in [2.05, 4.69) is 45.5 Å². The Kier molecular flexibility index (Phi) is 5.31. The van der Waals surface area contributed by atoms with Crippen LogP contribution < -0.4 is 5.32 Å². The maximum absolute atomic E-state index is 12.0. The van der Waals surface area contributed by atoms with E-state index < -0.39 is 0 Å². The Morgan fingerprint density at radius 1 is 1.40 bits per heavy atom. The second kappa shape index (κ2) is 6.99. The van der Waals surface area contributed by atoms with E-state index in [1.165, 1.54) is 0 Å². The average molecular weight is 353 g/mol. The lowest BCUT2D eigenvalue weighted by Gasteiger charge is -2.05. The first-order valence-electron chi connectivity index (χ1n) is 6.55. The second-order valence-electron chi connectivity index (χ2n) is 4.81. The number of carbonyl (C=O) groups is 1. The van der Waals surface area contributed by atoms with Crippen molar-refractivity contribution in [3.8, 4) is 0 Å². The summed E-state index contributed by atoms with van der Waals surface area (Å²) >= 11 is 5.04. The van der Waals surface area contributed by atoms with Crippen molar-refractivity contribution >= 4 is 33.2 Å². The predicted octanol–water partition coefficient (Wildman–Crippen LogP) is 4.00. The molecule has 0 unspecified atom stereocenters. The minimum atomic E-state index is -0.0573. The number of nitrogens with one attached hydrogen (secondary N) is 1. The Balaban J connectivity index is 1.86. The monoisotopic (exact) mass is 352 g/mol. The van der Waals surface area contributed by atoms with Crippen LogP contribution in [0.4, 0.5) is 0 Å². The molecule has 3 nitrogen and oxygen atoms in total. The van der Waals surface area contributed by atoms with Crippen LogP contribution in [0.3, 0.4) is 0 Å². The largest absolute Gasteiger partial charge is 0.352 e. The van der Waals surface area contributed by atoms with E-state index in [1.54, 1.807) is 17.4 Å². The summed E-state index contributed by atoms with van der Waals surface area (Å²) in [5, 5.41) is 6.09. The number of aromatic nitrogens is 1. The first-order chi connectivity index (χ1) is 9.58. The smallest absolute Gasteiger partial charge is 0.252 e. The number of amides is 1. The number of hydrogen-bond acceptors (Lipinski definition) is 3. The molecule has 5 heteroatoms. The van der Waals surface area contributed by atoms with Crippen LogP contribution in [-0.2, 0) is 6.42 Å². The van der Waals surface area contributed by atoms with Gasteiger partial charge in [-0.25, -0.2) is 4.98 Å². The van der Waals surface area contributed by atoms with Gasteiger partial charge in [0.25, 0.3) is 5.91 Å². The highest BCUT2D eigenvalue weighted by atomic mass is 79.9. The average Bonchev–Trinajstić information content (AvgIpc) is 2.88. The predicted molar refractivity (Wildman–Crippen MR) is 86.4 cm³/mol. The van der Waals surface area contributed by atoms with Gasteiger partial charge >= 0.3 is 0 Å². The summed E-state index contributed by atoms with van der Waals surface area (Å²) in [7, 11) is 0. The van der Waals surface area contributed by atoms with E-state index >= 15 is 0 Å². The first kappa shape index (κ1) is 15.2. The van der Waals surface area contributed by atoms with Crippen molar-refractivity contribution in [1.29, 1.82) is 0 Å². The van der Waals surface area contributed by atoms with Gasteiger partial charge in [-0.1, -0.05) is 26.0 Å². The molecule has 1 N–H and O–H groups in total. The molecule has 0 saturated heterocycles. The summed E-state index contributed by atoms with van der Waals surface area (Å²) in [4.78, 5) is 16.6. The van der Waals surface area contributed by atoms with Crippen LogP contribution in [0.15, 0.2) is 34.1 Å². The van der Waals surface area contributed by atoms with Gasteiger partial charge in [0.05, 0.1) is 16.3 Å². The zero-order chi connectivity index (χ0) is 14.5. The third-order valence-electron chi connectivity index (χ3n) is 2.90. The molecule has 0 saturated carbocycles. The lowest BCUT2D eigenvalue weighted by molar-refractivity contribution is 0.0953. The van der Waals surface area contributed by atoms with E-state index in [9.17, 15) is 4.79 Å². The Bertz CT molecular complexity index is 595. The van der Waals surface area contributed by atoms with Gasteiger partial charge in [-0.3, -0.25) is 4.79 Å².